The summed E-state index contributed by atoms with van der Waals surface area (Å²) in [5, 5.41) is 4.17. The van der Waals surface area contributed by atoms with Gasteiger partial charge in [0.05, 0.1) is 13.0 Å². The lowest BCUT2D eigenvalue weighted by atomic mass is 9.61. The predicted octanol–water partition coefficient (Wildman–Crippen LogP) is 3.61. The van der Waals surface area contributed by atoms with Gasteiger partial charge >= 0.3 is 5.97 Å². The number of pyridine rings is 1. The van der Waals surface area contributed by atoms with Gasteiger partial charge in [0.2, 0.25) is 0 Å². The molecular weight excluding hydrogens is 312 g/mol. The van der Waals surface area contributed by atoms with Gasteiger partial charge in [-0.2, -0.15) is 0 Å². The highest BCUT2D eigenvalue weighted by Gasteiger charge is 2.48. The van der Waals surface area contributed by atoms with Crippen molar-refractivity contribution in [1.29, 1.82) is 0 Å². The van der Waals surface area contributed by atoms with Crippen molar-refractivity contribution >= 4 is 23.4 Å². The summed E-state index contributed by atoms with van der Waals surface area (Å²) in [5.41, 5.74) is 2.60. The Kier molecular flexibility index (Phi) is 3.96. The molecule has 5 rings (SSSR count). The number of esters is 1. The Morgan fingerprint density at radius 3 is 2.74 bits per heavy atom. The van der Waals surface area contributed by atoms with Gasteiger partial charge in [0, 0.05) is 6.04 Å². The summed E-state index contributed by atoms with van der Waals surface area (Å²) >= 11 is 6.21. The minimum Gasteiger partial charge on any atom is -0.469 e. The quantitative estimate of drug-likeness (QED) is 0.677. The van der Waals surface area contributed by atoms with Crippen molar-refractivity contribution in [3.8, 4) is 0 Å². The lowest BCUT2D eigenvalue weighted by Gasteiger charge is -2.47. The van der Waals surface area contributed by atoms with Gasteiger partial charge in [-0.25, -0.2) is 4.98 Å². The molecular formula is C18H23ClN2O2. The third-order valence-electron chi connectivity index (χ3n) is 6.05. The Hall–Kier alpha value is -1.29. The number of hydrogen-bond acceptors (Lipinski definition) is 4. The van der Waals surface area contributed by atoms with Crippen molar-refractivity contribution in [3.63, 3.8) is 0 Å². The number of fused-ring (bicyclic) bond motifs is 4. The van der Waals surface area contributed by atoms with Crippen LogP contribution < -0.4 is 5.32 Å². The number of carbonyl (C=O) groups is 1. The molecule has 0 radical (unpaired) electrons. The first-order valence-electron chi connectivity index (χ1n) is 8.70. The molecule has 4 nitrogen and oxygen atoms in total. The fourth-order valence-corrected chi connectivity index (χ4v) is 5.17. The number of ether oxygens (including phenoxy) is 1. The molecule has 0 amide bonds. The third-order valence-corrected chi connectivity index (χ3v) is 6.25. The molecule has 4 aliphatic rings. The average molecular weight is 335 g/mol. The van der Waals surface area contributed by atoms with Gasteiger partial charge in [0.15, 0.2) is 0 Å². The Morgan fingerprint density at radius 2 is 2.00 bits per heavy atom. The first-order valence-corrected chi connectivity index (χ1v) is 9.08. The monoisotopic (exact) mass is 334 g/mol. The molecule has 2 bridgehead atoms. The van der Waals surface area contributed by atoms with E-state index in [2.05, 4.69) is 10.3 Å². The molecule has 23 heavy (non-hydrogen) atoms. The number of methoxy groups -OCH3 is 1. The molecule has 1 heterocycles. The van der Waals surface area contributed by atoms with Gasteiger partial charge in [-0.15, -0.1) is 0 Å². The lowest BCUT2D eigenvalue weighted by Crippen LogP contribution is -2.52. The topological polar surface area (TPSA) is 51.2 Å². The number of nitrogens with zero attached hydrogens (tertiary/aromatic N) is 1. The molecule has 0 aliphatic heterocycles. The van der Waals surface area contributed by atoms with E-state index in [0.717, 1.165) is 37.9 Å². The molecule has 124 valence electrons. The van der Waals surface area contributed by atoms with Gasteiger partial charge in [0.1, 0.15) is 11.0 Å². The van der Waals surface area contributed by atoms with Crippen LogP contribution in [-0.4, -0.2) is 24.1 Å². The Bertz CT molecular complexity index is 626. The van der Waals surface area contributed by atoms with Crippen molar-refractivity contribution in [3.05, 3.63) is 22.3 Å². The largest absolute Gasteiger partial charge is 0.469 e. The molecule has 1 aromatic rings. The van der Waals surface area contributed by atoms with E-state index < -0.39 is 0 Å². The van der Waals surface area contributed by atoms with Gasteiger partial charge in [-0.1, -0.05) is 11.6 Å². The van der Waals surface area contributed by atoms with Crippen LogP contribution in [0.2, 0.25) is 5.15 Å². The normalized spacial score (nSPS) is 31.7. The van der Waals surface area contributed by atoms with E-state index >= 15 is 0 Å². The highest BCUT2D eigenvalue weighted by atomic mass is 35.5. The van der Waals surface area contributed by atoms with E-state index in [1.54, 1.807) is 0 Å². The number of rotatable bonds is 3. The second-order valence-electron chi connectivity index (χ2n) is 7.18. The van der Waals surface area contributed by atoms with Crippen LogP contribution in [-0.2, 0) is 22.4 Å². The first kappa shape index (κ1) is 15.3. The summed E-state index contributed by atoms with van der Waals surface area (Å²) in [6.45, 7) is 0. The fraction of sp³-hybridized carbons (Fsp3) is 0.667. The summed E-state index contributed by atoms with van der Waals surface area (Å²) in [5.74, 6) is 1.75. The highest BCUT2D eigenvalue weighted by molar-refractivity contribution is 6.29. The molecule has 3 saturated carbocycles. The number of anilines is 1. The third kappa shape index (κ3) is 2.61. The van der Waals surface area contributed by atoms with Crippen LogP contribution in [0, 0.1) is 17.8 Å². The van der Waals surface area contributed by atoms with E-state index in [4.69, 9.17) is 16.3 Å². The Balaban J connectivity index is 1.66. The van der Waals surface area contributed by atoms with E-state index in [1.807, 2.05) is 6.07 Å². The predicted molar refractivity (Wildman–Crippen MR) is 89.6 cm³/mol. The molecule has 4 aliphatic carbocycles. The van der Waals surface area contributed by atoms with Crippen molar-refractivity contribution in [2.24, 2.45) is 17.8 Å². The molecule has 0 saturated heterocycles. The summed E-state index contributed by atoms with van der Waals surface area (Å²) in [6, 6.07) is 2.12. The second kappa shape index (κ2) is 5.97. The SMILES string of the molecule is COC(=O)C1C2CCC(CC2)C1Nc1nc(Cl)cc2c1CCC2. The fourth-order valence-electron chi connectivity index (χ4n) is 4.96. The van der Waals surface area contributed by atoms with Gasteiger partial charge in [-0.3, -0.25) is 4.79 Å². The number of aromatic nitrogens is 1. The minimum absolute atomic E-state index is 0.0506. The zero-order chi connectivity index (χ0) is 16.0. The molecule has 5 heteroatoms. The van der Waals surface area contributed by atoms with Crippen molar-refractivity contribution in [2.75, 3.05) is 12.4 Å². The Labute approximate surface area is 142 Å². The van der Waals surface area contributed by atoms with Crippen molar-refractivity contribution in [2.45, 2.75) is 51.0 Å². The first-order chi connectivity index (χ1) is 11.2. The maximum atomic E-state index is 12.3. The van der Waals surface area contributed by atoms with Crippen LogP contribution in [0.15, 0.2) is 6.07 Å². The van der Waals surface area contributed by atoms with Gasteiger partial charge in [0.25, 0.3) is 0 Å². The number of nitrogens with one attached hydrogen (secondary N) is 1. The molecule has 2 atom stereocenters. The highest BCUT2D eigenvalue weighted by Crippen LogP contribution is 2.47. The molecule has 1 N–H and O–H groups in total. The summed E-state index contributed by atoms with van der Waals surface area (Å²) in [4.78, 5) is 16.9. The van der Waals surface area contributed by atoms with Gasteiger partial charge in [-0.05, 0) is 74.0 Å². The van der Waals surface area contributed by atoms with Crippen LogP contribution in [0.1, 0.15) is 43.2 Å². The minimum atomic E-state index is -0.0735. The molecule has 3 fully saturated rings. The van der Waals surface area contributed by atoms with Crippen LogP contribution >= 0.6 is 11.6 Å². The van der Waals surface area contributed by atoms with Crippen molar-refractivity contribution in [1.82, 2.24) is 4.98 Å². The van der Waals surface area contributed by atoms with E-state index in [1.165, 1.54) is 31.1 Å². The van der Waals surface area contributed by atoms with Crippen LogP contribution in [0.3, 0.4) is 0 Å². The van der Waals surface area contributed by atoms with Gasteiger partial charge < -0.3 is 10.1 Å². The zero-order valence-electron chi connectivity index (χ0n) is 13.5. The number of halogens is 1. The molecule has 1 aromatic heterocycles. The second-order valence-corrected chi connectivity index (χ2v) is 7.57. The zero-order valence-corrected chi connectivity index (χ0v) is 14.2. The van der Waals surface area contributed by atoms with Crippen LogP contribution in [0.4, 0.5) is 5.82 Å². The smallest absolute Gasteiger partial charge is 0.311 e. The van der Waals surface area contributed by atoms with Crippen molar-refractivity contribution < 1.29 is 9.53 Å². The lowest BCUT2D eigenvalue weighted by molar-refractivity contribution is -0.152. The maximum absolute atomic E-state index is 12.3. The molecule has 0 spiro atoms. The maximum Gasteiger partial charge on any atom is 0.311 e. The summed E-state index contributed by atoms with van der Waals surface area (Å²) in [6.07, 6.45) is 7.95. The number of carbonyl (C=O) groups excluding carboxylic acids is 1. The van der Waals surface area contributed by atoms with E-state index in [9.17, 15) is 4.79 Å². The number of hydrogen-bond donors (Lipinski definition) is 1. The van der Waals surface area contributed by atoms with E-state index in [-0.39, 0.29) is 17.9 Å². The van der Waals surface area contributed by atoms with Crippen LogP contribution in [0.5, 0.6) is 0 Å². The standard InChI is InChI=1S/C18H23ClN2O2/c1-23-18(22)15-10-5-7-11(8-6-10)16(15)21-17-13-4-2-3-12(13)9-14(19)20-17/h9-11,15-16H,2-8H2,1H3,(H,20,21). The Morgan fingerprint density at radius 1 is 1.26 bits per heavy atom. The van der Waals surface area contributed by atoms with E-state index in [0.29, 0.717) is 17.0 Å². The average Bonchev–Trinajstić information content (AvgIpc) is 3.03. The summed E-state index contributed by atoms with van der Waals surface area (Å²) in [7, 11) is 1.50. The molecule has 2 unspecified atom stereocenters. The number of aryl methyl sites for hydroxylation is 1. The summed E-state index contributed by atoms with van der Waals surface area (Å²) < 4.78 is 5.10. The molecule has 0 aromatic carbocycles. The van der Waals surface area contributed by atoms with Crippen LogP contribution in [0.25, 0.3) is 0 Å².